The molecule has 11 heteroatoms. The number of sulfonamides is 1. The average Bonchev–Trinajstić information content (AvgIpc) is 2.95. The standard InChI is InChI=1S/C30H36N4O6S/c1-5-28(30(36)31-19-22(2)3)32(20-24-12-9-11-23(4)17-24)29(35)21-33(25-13-10-14-26(18-25)34(37)38)41(39,40)27-15-7-6-8-16-27/h6-18,22,28H,5,19-21H2,1-4H3,(H,31,36). The zero-order chi connectivity index (χ0) is 30.2. The first-order valence-electron chi connectivity index (χ1n) is 13.4. The van der Waals surface area contributed by atoms with E-state index >= 15 is 0 Å². The van der Waals surface area contributed by atoms with Gasteiger partial charge in [0.15, 0.2) is 0 Å². The number of carbonyl (C=O) groups excluding carboxylic acids is 2. The number of benzene rings is 3. The number of rotatable bonds is 13. The Morgan fingerprint density at radius 1 is 0.976 bits per heavy atom. The summed E-state index contributed by atoms with van der Waals surface area (Å²) in [5, 5.41) is 14.4. The quantitative estimate of drug-likeness (QED) is 0.231. The van der Waals surface area contributed by atoms with E-state index in [0.29, 0.717) is 13.0 Å². The van der Waals surface area contributed by atoms with Crippen LogP contribution < -0.4 is 9.62 Å². The number of nitrogens with one attached hydrogen (secondary N) is 1. The van der Waals surface area contributed by atoms with Crippen LogP contribution in [0.4, 0.5) is 11.4 Å². The van der Waals surface area contributed by atoms with Gasteiger partial charge in [0, 0.05) is 25.2 Å². The minimum Gasteiger partial charge on any atom is -0.354 e. The molecular weight excluding hydrogens is 544 g/mol. The molecule has 0 radical (unpaired) electrons. The lowest BCUT2D eigenvalue weighted by molar-refractivity contribution is -0.384. The normalized spacial score (nSPS) is 12.0. The van der Waals surface area contributed by atoms with Gasteiger partial charge in [-0.1, -0.05) is 74.9 Å². The fourth-order valence-corrected chi connectivity index (χ4v) is 5.79. The molecular formula is C30H36N4O6S. The number of hydrogen-bond donors (Lipinski definition) is 1. The van der Waals surface area contributed by atoms with Gasteiger partial charge in [0.1, 0.15) is 12.6 Å². The van der Waals surface area contributed by atoms with Crippen LogP contribution in [0.5, 0.6) is 0 Å². The summed E-state index contributed by atoms with van der Waals surface area (Å²) in [5.41, 5.74) is 1.39. The summed E-state index contributed by atoms with van der Waals surface area (Å²) in [6.07, 6.45) is 0.295. The molecule has 0 aromatic heterocycles. The molecule has 1 atom stereocenters. The molecule has 0 heterocycles. The van der Waals surface area contributed by atoms with Crippen LogP contribution in [-0.4, -0.2) is 49.2 Å². The highest BCUT2D eigenvalue weighted by molar-refractivity contribution is 7.92. The number of carbonyl (C=O) groups is 2. The molecule has 0 bridgehead atoms. The third-order valence-electron chi connectivity index (χ3n) is 6.44. The van der Waals surface area contributed by atoms with Gasteiger partial charge in [-0.2, -0.15) is 0 Å². The summed E-state index contributed by atoms with van der Waals surface area (Å²) in [6, 6.07) is 19.3. The van der Waals surface area contributed by atoms with Crippen LogP contribution in [0, 0.1) is 23.0 Å². The Kier molecular flexibility index (Phi) is 10.6. The van der Waals surface area contributed by atoms with Crippen molar-refractivity contribution in [2.45, 2.75) is 51.6 Å². The first-order chi connectivity index (χ1) is 19.4. The van der Waals surface area contributed by atoms with Crippen molar-refractivity contribution in [2.75, 3.05) is 17.4 Å². The minimum absolute atomic E-state index is 0.0378. The molecule has 10 nitrogen and oxygen atoms in total. The molecule has 1 N–H and O–H groups in total. The van der Waals surface area contributed by atoms with Crippen molar-refractivity contribution < 1.29 is 22.9 Å². The fraction of sp³-hybridized carbons (Fsp3) is 0.333. The molecule has 0 spiro atoms. The Balaban J connectivity index is 2.08. The monoisotopic (exact) mass is 580 g/mol. The van der Waals surface area contributed by atoms with Crippen LogP contribution in [-0.2, 0) is 26.2 Å². The molecule has 0 saturated heterocycles. The van der Waals surface area contributed by atoms with Gasteiger partial charge >= 0.3 is 0 Å². The van der Waals surface area contributed by atoms with E-state index in [1.165, 1.54) is 35.2 Å². The van der Waals surface area contributed by atoms with Gasteiger partial charge in [-0.25, -0.2) is 8.42 Å². The second-order valence-corrected chi connectivity index (χ2v) is 12.0. The van der Waals surface area contributed by atoms with E-state index in [1.54, 1.807) is 25.1 Å². The third-order valence-corrected chi connectivity index (χ3v) is 8.23. The first-order valence-corrected chi connectivity index (χ1v) is 14.8. The van der Waals surface area contributed by atoms with Crippen LogP contribution in [0.15, 0.2) is 83.8 Å². The second-order valence-electron chi connectivity index (χ2n) is 10.2. The number of hydrogen-bond acceptors (Lipinski definition) is 6. The third kappa shape index (κ3) is 8.14. The maximum atomic E-state index is 14.1. The minimum atomic E-state index is -4.32. The number of amides is 2. The van der Waals surface area contributed by atoms with E-state index < -0.39 is 33.4 Å². The zero-order valence-electron chi connectivity index (χ0n) is 23.7. The Morgan fingerprint density at radius 2 is 1.66 bits per heavy atom. The van der Waals surface area contributed by atoms with Gasteiger partial charge in [-0.3, -0.25) is 24.0 Å². The van der Waals surface area contributed by atoms with Crippen molar-refractivity contribution in [1.82, 2.24) is 10.2 Å². The summed E-state index contributed by atoms with van der Waals surface area (Å²) in [7, 11) is -4.32. The van der Waals surface area contributed by atoms with Gasteiger partial charge in [0.05, 0.1) is 15.5 Å². The van der Waals surface area contributed by atoms with Crippen LogP contribution in [0.1, 0.15) is 38.3 Å². The summed E-state index contributed by atoms with van der Waals surface area (Å²) in [4.78, 5) is 39.5. The molecule has 3 aromatic carbocycles. The first kappa shape index (κ1) is 31.3. The molecule has 0 aliphatic heterocycles. The smallest absolute Gasteiger partial charge is 0.271 e. The topological polar surface area (TPSA) is 130 Å². The number of aryl methyl sites for hydroxylation is 1. The Hall–Kier alpha value is -4.25. The summed E-state index contributed by atoms with van der Waals surface area (Å²) < 4.78 is 28.5. The second kappa shape index (κ2) is 13.9. The van der Waals surface area contributed by atoms with Gasteiger partial charge in [-0.05, 0) is 43.0 Å². The molecule has 0 aliphatic rings. The van der Waals surface area contributed by atoms with Crippen molar-refractivity contribution in [2.24, 2.45) is 5.92 Å². The van der Waals surface area contributed by atoms with Crippen LogP contribution in [0.3, 0.4) is 0 Å². The fourth-order valence-electron chi connectivity index (χ4n) is 4.36. The molecule has 2 amide bonds. The van der Waals surface area contributed by atoms with E-state index in [0.717, 1.165) is 21.5 Å². The number of non-ortho nitro benzene ring substituents is 1. The molecule has 0 fully saturated rings. The molecule has 0 saturated carbocycles. The lowest BCUT2D eigenvalue weighted by Gasteiger charge is -2.33. The van der Waals surface area contributed by atoms with E-state index in [4.69, 9.17) is 0 Å². The summed E-state index contributed by atoms with van der Waals surface area (Å²) in [6.45, 7) is 7.45. The van der Waals surface area contributed by atoms with Crippen molar-refractivity contribution in [3.8, 4) is 0 Å². The average molecular weight is 581 g/mol. The number of nitro groups is 1. The molecule has 41 heavy (non-hydrogen) atoms. The molecule has 3 rings (SSSR count). The van der Waals surface area contributed by atoms with Crippen molar-refractivity contribution in [3.63, 3.8) is 0 Å². The van der Waals surface area contributed by atoms with E-state index in [-0.39, 0.29) is 34.6 Å². The number of nitro benzene ring substituents is 1. The Morgan fingerprint density at radius 3 is 2.27 bits per heavy atom. The van der Waals surface area contributed by atoms with E-state index in [2.05, 4.69) is 5.32 Å². The maximum absolute atomic E-state index is 14.1. The predicted molar refractivity (Wildman–Crippen MR) is 158 cm³/mol. The molecule has 0 aliphatic carbocycles. The summed E-state index contributed by atoms with van der Waals surface area (Å²) in [5.74, 6) is -0.767. The lowest BCUT2D eigenvalue weighted by atomic mass is 10.1. The van der Waals surface area contributed by atoms with Gasteiger partial charge in [-0.15, -0.1) is 0 Å². The zero-order valence-corrected chi connectivity index (χ0v) is 24.5. The van der Waals surface area contributed by atoms with Gasteiger partial charge < -0.3 is 10.2 Å². The van der Waals surface area contributed by atoms with Crippen LogP contribution >= 0.6 is 0 Å². The number of anilines is 1. The Bertz CT molecular complexity index is 1480. The SMILES string of the molecule is CCC(C(=O)NCC(C)C)N(Cc1cccc(C)c1)C(=O)CN(c1cccc([N+](=O)[O-])c1)S(=O)(=O)c1ccccc1. The largest absolute Gasteiger partial charge is 0.354 e. The van der Waals surface area contributed by atoms with Crippen molar-refractivity contribution in [3.05, 3.63) is 100 Å². The lowest BCUT2D eigenvalue weighted by Crippen LogP contribution is -2.52. The Labute approximate surface area is 241 Å². The van der Waals surface area contributed by atoms with Gasteiger partial charge in [0.2, 0.25) is 11.8 Å². The van der Waals surface area contributed by atoms with Crippen molar-refractivity contribution >= 4 is 33.2 Å². The maximum Gasteiger partial charge on any atom is 0.271 e. The molecule has 218 valence electrons. The highest BCUT2D eigenvalue weighted by atomic mass is 32.2. The summed E-state index contributed by atoms with van der Waals surface area (Å²) >= 11 is 0. The molecule has 3 aromatic rings. The van der Waals surface area contributed by atoms with E-state index in [9.17, 15) is 28.1 Å². The van der Waals surface area contributed by atoms with Gasteiger partial charge in [0.25, 0.3) is 15.7 Å². The molecule has 1 unspecified atom stereocenters. The number of nitrogens with zero attached hydrogens (tertiary/aromatic N) is 3. The predicted octanol–water partition coefficient (Wildman–Crippen LogP) is 4.68. The van der Waals surface area contributed by atoms with Crippen molar-refractivity contribution in [1.29, 1.82) is 0 Å². The van der Waals surface area contributed by atoms with Crippen LogP contribution in [0.2, 0.25) is 0 Å². The van der Waals surface area contributed by atoms with Crippen LogP contribution in [0.25, 0.3) is 0 Å². The highest BCUT2D eigenvalue weighted by Gasteiger charge is 2.34. The van der Waals surface area contributed by atoms with E-state index in [1.807, 2.05) is 45.0 Å². The highest BCUT2D eigenvalue weighted by Crippen LogP contribution is 2.28.